The van der Waals surface area contributed by atoms with Gasteiger partial charge in [0.15, 0.2) is 5.78 Å². The van der Waals surface area contributed by atoms with Gasteiger partial charge in [0.1, 0.15) is 0 Å². The number of pyridine rings is 1. The van der Waals surface area contributed by atoms with E-state index in [1.54, 1.807) is 24.5 Å². The molecule has 0 bridgehead atoms. The van der Waals surface area contributed by atoms with Crippen LogP contribution in [0.25, 0.3) is 0 Å². The summed E-state index contributed by atoms with van der Waals surface area (Å²) in [6, 6.07) is 11.6. The first kappa shape index (κ1) is 10.6. The number of aromatic nitrogens is 1. The molecular weight excluding hydrogens is 198 g/mol. The van der Waals surface area contributed by atoms with Gasteiger partial charge in [0.05, 0.1) is 0 Å². The normalized spacial score (nSPS) is 10.1. The number of ketones is 1. The molecule has 1 aromatic carbocycles. The van der Waals surface area contributed by atoms with Gasteiger partial charge < -0.3 is 0 Å². The number of nitrogens with zero attached hydrogens (tertiary/aromatic N) is 1. The van der Waals surface area contributed by atoms with E-state index in [2.05, 4.69) is 4.98 Å². The van der Waals surface area contributed by atoms with E-state index in [9.17, 15) is 4.79 Å². The topological polar surface area (TPSA) is 30.0 Å². The predicted octanol–water partition coefficient (Wildman–Crippen LogP) is 2.82. The fraction of sp³-hybridized carbons (Fsp3) is 0.143. The van der Waals surface area contributed by atoms with Crippen LogP contribution < -0.4 is 0 Å². The zero-order valence-electron chi connectivity index (χ0n) is 9.18. The molecule has 80 valence electrons. The van der Waals surface area contributed by atoms with E-state index in [0.717, 1.165) is 5.56 Å². The lowest BCUT2D eigenvalue weighted by atomic mass is 10.0. The van der Waals surface area contributed by atoms with E-state index in [1.165, 1.54) is 5.56 Å². The first-order chi connectivity index (χ1) is 7.75. The van der Waals surface area contributed by atoms with Crippen LogP contribution >= 0.6 is 0 Å². The number of carbonyl (C=O) groups is 1. The van der Waals surface area contributed by atoms with Crippen molar-refractivity contribution in [3.05, 3.63) is 65.5 Å². The van der Waals surface area contributed by atoms with E-state index < -0.39 is 0 Å². The summed E-state index contributed by atoms with van der Waals surface area (Å²) in [6.45, 7) is 2.03. The quantitative estimate of drug-likeness (QED) is 0.731. The summed E-state index contributed by atoms with van der Waals surface area (Å²) >= 11 is 0. The summed E-state index contributed by atoms with van der Waals surface area (Å²) in [6.07, 6.45) is 3.71. The van der Waals surface area contributed by atoms with Crippen LogP contribution in [-0.4, -0.2) is 10.8 Å². The van der Waals surface area contributed by atoms with Gasteiger partial charge in [-0.2, -0.15) is 0 Å². The summed E-state index contributed by atoms with van der Waals surface area (Å²) in [5.74, 6) is 0.108. The van der Waals surface area contributed by atoms with E-state index in [-0.39, 0.29) is 5.78 Å². The monoisotopic (exact) mass is 211 g/mol. The highest BCUT2D eigenvalue weighted by Crippen LogP contribution is 2.08. The van der Waals surface area contributed by atoms with Crippen LogP contribution in [0.2, 0.25) is 0 Å². The Morgan fingerprint density at radius 3 is 2.56 bits per heavy atom. The SMILES string of the molecule is Cc1ccc(CC(=O)c2cccnc2)cc1. The number of benzene rings is 1. The molecule has 0 saturated carbocycles. The first-order valence-electron chi connectivity index (χ1n) is 5.24. The average molecular weight is 211 g/mol. The Labute approximate surface area is 95.0 Å². The molecule has 1 heterocycles. The van der Waals surface area contributed by atoms with E-state index >= 15 is 0 Å². The minimum Gasteiger partial charge on any atom is -0.294 e. The third kappa shape index (κ3) is 2.54. The van der Waals surface area contributed by atoms with Gasteiger partial charge in [-0.05, 0) is 24.6 Å². The molecule has 0 radical (unpaired) electrons. The molecule has 0 amide bonds. The molecule has 0 N–H and O–H groups in total. The fourth-order valence-electron chi connectivity index (χ4n) is 1.52. The van der Waals surface area contributed by atoms with Gasteiger partial charge in [0.2, 0.25) is 0 Å². The summed E-state index contributed by atoms with van der Waals surface area (Å²) in [5.41, 5.74) is 2.92. The number of rotatable bonds is 3. The molecule has 2 aromatic rings. The van der Waals surface area contributed by atoms with Gasteiger partial charge in [0, 0.05) is 24.4 Å². The molecule has 0 spiro atoms. The van der Waals surface area contributed by atoms with Gasteiger partial charge in [-0.25, -0.2) is 0 Å². The lowest BCUT2D eigenvalue weighted by Gasteiger charge is -2.01. The summed E-state index contributed by atoms with van der Waals surface area (Å²) in [4.78, 5) is 15.8. The summed E-state index contributed by atoms with van der Waals surface area (Å²) in [5, 5.41) is 0. The number of Topliss-reactive ketones (excluding diaryl/α,β-unsaturated/α-hetero) is 1. The molecule has 2 nitrogen and oxygen atoms in total. The van der Waals surface area contributed by atoms with Gasteiger partial charge in [0.25, 0.3) is 0 Å². The zero-order chi connectivity index (χ0) is 11.4. The van der Waals surface area contributed by atoms with Crippen LogP contribution in [0, 0.1) is 6.92 Å². The lowest BCUT2D eigenvalue weighted by Crippen LogP contribution is -2.03. The molecule has 1 aromatic heterocycles. The number of hydrogen-bond donors (Lipinski definition) is 0. The van der Waals surface area contributed by atoms with Crippen molar-refractivity contribution in [2.45, 2.75) is 13.3 Å². The van der Waals surface area contributed by atoms with Crippen molar-refractivity contribution in [2.75, 3.05) is 0 Å². The summed E-state index contributed by atoms with van der Waals surface area (Å²) in [7, 11) is 0. The highest BCUT2D eigenvalue weighted by atomic mass is 16.1. The van der Waals surface area contributed by atoms with Crippen LogP contribution in [-0.2, 0) is 6.42 Å². The van der Waals surface area contributed by atoms with Crippen molar-refractivity contribution < 1.29 is 4.79 Å². The molecule has 16 heavy (non-hydrogen) atoms. The predicted molar refractivity (Wildman–Crippen MR) is 63.5 cm³/mol. The highest BCUT2D eigenvalue weighted by Gasteiger charge is 2.06. The molecule has 0 unspecified atom stereocenters. The second kappa shape index (κ2) is 4.71. The Balaban J connectivity index is 2.11. The van der Waals surface area contributed by atoms with Crippen molar-refractivity contribution >= 4 is 5.78 Å². The van der Waals surface area contributed by atoms with Gasteiger partial charge in [-0.1, -0.05) is 29.8 Å². The lowest BCUT2D eigenvalue weighted by molar-refractivity contribution is 0.0992. The first-order valence-corrected chi connectivity index (χ1v) is 5.24. The largest absolute Gasteiger partial charge is 0.294 e. The minimum atomic E-state index is 0.108. The van der Waals surface area contributed by atoms with Crippen molar-refractivity contribution in [3.63, 3.8) is 0 Å². The van der Waals surface area contributed by atoms with Crippen LogP contribution in [0.3, 0.4) is 0 Å². The minimum absolute atomic E-state index is 0.108. The Kier molecular flexibility index (Phi) is 3.10. The van der Waals surface area contributed by atoms with E-state index in [1.807, 2.05) is 31.2 Å². The van der Waals surface area contributed by atoms with Crippen LogP contribution in [0.15, 0.2) is 48.8 Å². The van der Waals surface area contributed by atoms with Gasteiger partial charge >= 0.3 is 0 Å². The Hall–Kier alpha value is -1.96. The standard InChI is InChI=1S/C14H13NO/c1-11-4-6-12(7-5-11)9-14(16)13-3-2-8-15-10-13/h2-8,10H,9H2,1H3. The second-order valence-electron chi connectivity index (χ2n) is 3.83. The maximum Gasteiger partial charge on any atom is 0.168 e. The Morgan fingerprint density at radius 1 is 1.19 bits per heavy atom. The second-order valence-corrected chi connectivity index (χ2v) is 3.83. The third-order valence-electron chi connectivity index (χ3n) is 2.47. The molecule has 0 aliphatic carbocycles. The van der Waals surface area contributed by atoms with Gasteiger partial charge in [-0.3, -0.25) is 9.78 Å². The molecule has 0 saturated heterocycles. The molecule has 0 fully saturated rings. The van der Waals surface area contributed by atoms with Crippen LogP contribution in [0.4, 0.5) is 0 Å². The Morgan fingerprint density at radius 2 is 1.94 bits per heavy atom. The molecular formula is C14H13NO. The van der Waals surface area contributed by atoms with Crippen molar-refractivity contribution in [3.8, 4) is 0 Å². The van der Waals surface area contributed by atoms with E-state index in [4.69, 9.17) is 0 Å². The average Bonchev–Trinajstić information content (AvgIpc) is 2.33. The van der Waals surface area contributed by atoms with E-state index in [0.29, 0.717) is 12.0 Å². The number of carbonyl (C=O) groups excluding carboxylic acids is 1. The van der Waals surface area contributed by atoms with Crippen LogP contribution in [0.5, 0.6) is 0 Å². The number of aryl methyl sites for hydroxylation is 1. The summed E-state index contributed by atoms with van der Waals surface area (Å²) < 4.78 is 0. The highest BCUT2D eigenvalue weighted by molar-refractivity contribution is 5.97. The third-order valence-corrected chi connectivity index (χ3v) is 2.47. The van der Waals surface area contributed by atoms with Crippen molar-refractivity contribution in [1.29, 1.82) is 0 Å². The Bertz CT molecular complexity index is 474. The maximum atomic E-state index is 11.9. The van der Waals surface area contributed by atoms with Crippen molar-refractivity contribution in [2.24, 2.45) is 0 Å². The smallest absolute Gasteiger partial charge is 0.168 e. The number of hydrogen-bond acceptors (Lipinski definition) is 2. The zero-order valence-corrected chi connectivity index (χ0v) is 9.18. The molecule has 0 atom stereocenters. The van der Waals surface area contributed by atoms with Crippen molar-refractivity contribution in [1.82, 2.24) is 4.98 Å². The fourth-order valence-corrected chi connectivity index (χ4v) is 1.52. The van der Waals surface area contributed by atoms with Gasteiger partial charge in [-0.15, -0.1) is 0 Å². The molecule has 2 heteroatoms. The van der Waals surface area contributed by atoms with Crippen LogP contribution in [0.1, 0.15) is 21.5 Å². The molecule has 0 aliphatic heterocycles. The maximum absolute atomic E-state index is 11.9. The molecule has 0 aliphatic rings. The molecule has 2 rings (SSSR count).